The molecule has 35 heavy (non-hydrogen) atoms. The molecular formula is C24H21F2N3O6. The second-order valence-corrected chi connectivity index (χ2v) is 7.63. The molecule has 2 aromatic carbocycles. The summed E-state index contributed by atoms with van der Waals surface area (Å²) in [5.74, 6) is -2.38. The van der Waals surface area contributed by atoms with Crippen molar-refractivity contribution < 1.29 is 37.3 Å². The number of oxazole rings is 1. The lowest BCUT2D eigenvalue weighted by molar-refractivity contribution is -0.139. The zero-order chi connectivity index (χ0) is 25.1. The Balaban J connectivity index is 1.72. The van der Waals surface area contributed by atoms with Gasteiger partial charge in [-0.05, 0) is 55.7 Å². The number of rotatable bonds is 9. The zero-order valence-corrected chi connectivity index (χ0v) is 19.1. The summed E-state index contributed by atoms with van der Waals surface area (Å²) in [6.07, 6.45) is 0.700. The molecule has 9 nitrogen and oxygen atoms in total. The zero-order valence-electron chi connectivity index (χ0n) is 19.1. The Morgan fingerprint density at radius 3 is 2.43 bits per heavy atom. The molecule has 0 amide bonds. The lowest BCUT2D eigenvalue weighted by Crippen LogP contribution is -2.10. The fraction of sp³-hybridized carbons (Fsp3) is 0.250. The third kappa shape index (κ3) is 5.29. The molecule has 0 bridgehead atoms. The molecule has 0 aliphatic heterocycles. The number of aromatic nitrogens is 3. The number of halogens is 2. The summed E-state index contributed by atoms with van der Waals surface area (Å²) in [7, 11) is 0. The van der Waals surface area contributed by atoms with Crippen LogP contribution < -0.4 is 14.2 Å². The summed E-state index contributed by atoms with van der Waals surface area (Å²) in [6.45, 7) is 5.36. The number of aryl methyl sites for hydroxylation is 2. The Labute approximate surface area is 198 Å². The molecule has 0 aliphatic rings. The number of hydrogen-bond donors (Lipinski definition) is 1. The van der Waals surface area contributed by atoms with E-state index >= 15 is 0 Å². The van der Waals surface area contributed by atoms with Crippen LogP contribution in [0.3, 0.4) is 0 Å². The van der Waals surface area contributed by atoms with E-state index < -0.39 is 24.2 Å². The molecule has 182 valence electrons. The molecule has 2 aromatic heterocycles. The number of aliphatic carboxylic acids is 1. The number of ether oxygens (including phenoxy) is 3. The van der Waals surface area contributed by atoms with E-state index in [1.165, 1.54) is 6.07 Å². The van der Waals surface area contributed by atoms with Crippen molar-refractivity contribution in [2.45, 2.75) is 27.2 Å². The quantitative estimate of drug-likeness (QED) is 0.340. The first-order valence-corrected chi connectivity index (χ1v) is 10.7. The molecule has 2 heterocycles. The van der Waals surface area contributed by atoms with Crippen LogP contribution in [-0.4, -0.2) is 39.2 Å². The standard InChI is InChI=1S/C24H21F2N3O6/c1-4-7-32-22-19-23(29-24(28-22)34-15-5-6-16(25)17(26)10-15)35-21(27-19)14-8-12(2)20(13(3)9-14)33-11-18(30)31/h5-6,8-10H,4,7,11H2,1-3H3,(H,30,31). The van der Waals surface area contributed by atoms with Crippen molar-refractivity contribution >= 4 is 17.2 Å². The van der Waals surface area contributed by atoms with Gasteiger partial charge in [0, 0.05) is 11.6 Å². The van der Waals surface area contributed by atoms with Gasteiger partial charge in [0.25, 0.3) is 11.6 Å². The minimum Gasteiger partial charge on any atom is -0.481 e. The molecular weight excluding hydrogens is 464 g/mol. The van der Waals surface area contributed by atoms with Crippen LogP contribution in [0.15, 0.2) is 34.7 Å². The summed E-state index contributed by atoms with van der Waals surface area (Å²) in [5, 5.41) is 8.88. The van der Waals surface area contributed by atoms with E-state index in [-0.39, 0.29) is 34.8 Å². The van der Waals surface area contributed by atoms with E-state index in [0.29, 0.717) is 35.5 Å². The van der Waals surface area contributed by atoms with Gasteiger partial charge < -0.3 is 23.7 Å². The minimum atomic E-state index is -1.08. The van der Waals surface area contributed by atoms with Crippen molar-refractivity contribution in [3.8, 4) is 34.8 Å². The fourth-order valence-electron chi connectivity index (χ4n) is 3.33. The number of benzene rings is 2. The van der Waals surface area contributed by atoms with Gasteiger partial charge in [-0.1, -0.05) is 6.92 Å². The highest BCUT2D eigenvalue weighted by atomic mass is 19.2. The monoisotopic (exact) mass is 485 g/mol. The Kier molecular flexibility index (Phi) is 6.76. The number of carbonyl (C=O) groups is 1. The third-order valence-corrected chi connectivity index (χ3v) is 4.80. The van der Waals surface area contributed by atoms with E-state index in [1.807, 2.05) is 6.92 Å². The Hall–Kier alpha value is -4.28. The Morgan fingerprint density at radius 1 is 1.03 bits per heavy atom. The van der Waals surface area contributed by atoms with Crippen molar-refractivity contribution in [3.05, 3.63) is 53.1 Å². The number of hydrogen-bond acceptors (Lipinski definition) is 8. The molecule has 0 fully saturated rings. The summed E-state index contributed by atoms with van der Waals surface area (Å²) in [6, 6.07) is 6.34. The number of fused-ring (bicyclic) bond motifs is 1. The predicted molar refractivity (Wildman–Crippen MR) is 120 cm³/mol. The maximum Gasteiger partial charge on any atom is 0.341 e. The highest BCUT2D eigenvalue weighted by Gasteiger charge is 2.20. The molecule has 4 aromatic rings. The average molecular weight is 485 g/mol. The maximum absolute atomic E-state index is 13.6. The fourth-order valence-corrected chi connectivity index (χ4v) is 3.33. The van der Waals surface area contributed by atoms with Gasteiger partial charge in [0.15, 0.2) is 23.8 Å². The van der Waals surface area contributed by atoms with Crippen molar-refractivity contribution in [2.75, 3.05) is 13.2 Å². The van der Waals surface area contributed by atoms with Crippen molar-refractivity contribution in [1.82, 2.24) is 15.0 Å². The normalized spacial score (nSPS) is 11.0. The van der Waals surface area contributed by atoms with E-state index in [4.69, 9.17) is 23.7 Å². The van der Waals surface area contributed by atoms with Gasteiger partial charge >= 0.3 is 12.0 Å². The second-order valence-electron chi connectivity index (χ2n) is 7.63. The summed E-state index contributed by atoms with van der Waals surface area (Å²) < 4.78 is 49.2. The van der Waals surface area contributed by atoms with Gasteiger partial charge in [0.05, 0.1) is 6.61 Å². The lowest BCUT2D eigenvalue weighted by atomic mass is 10.1. The number of nitrogens with zero attached hydrogens (tertiary/aromatic N) is 3. The predicted octanol–water partition coefficient (Wildman–Crippen LogP) is 5.22. The van der Waals surface area contributed by atoms with Crippen LogP contribution >= 0.6 is 0 Å². The molecule has 0 saturated heterocycles. The van der Waals surface area contributed by atoms with Crippen molar-refractivity contribution in [3.63, 3.8) is 0 Å². The Morgan fingerprint density at radius 2 is 1.77 bits per heavy atom. The second kappa shape index (κ2) is 9.92. The van der Waals surface area contributed by atoms with Crippen LogP contribution in [0.1, 0.15) is 24.5 Å². The van der Waals surface area contributed by atoms with Gasteiger partial charge in [-0.2, -0.15) is 9.97 Å². The summed E-state index contributed by atoms with van der Waals surface area (Å²) in [4.78, 5) is 23.7. The van der Waals surface area contributed by atoms with E-state index in [9.17, 15) is 13.6 Å². The molecule has 0 aliphatic carbocycles. The van der Waals surface area contributed by atoms with Gasteiger partial charge in [-0.25, -0.2) is 18.6 Å². The summed E-state index contributed by atoms with van der Waals surface area (Å²) >= 11 is 0. The van der Waals surface area contributed by atoms with E-state index in [1.54, 1.807) is 26.0 Å². The molecule has 0 spiro atoms. The Bertz CT molecular complexity index is 1380. The molecule has 4 rings (SSSR count). The van der Waals surface area contributed by atoms with Crippen LogP contribution in [0.25, 0.3) is 22.7 Å². The smallest absolute Gasteiger partial charge is 0.341 e. The molecule has 11 heteroatoms. The van der Waals surface area contributed by atoms with Gasteiger partial charge in [-0.3, -0.25) is 0 Å². The summed E-state index contributed by atoms with van der Waals surface area (Å²) in [5.41, 5.74) is 2.32. The van der Waals surface area contributed by atoms with Crippen LogP contribution in [0, 0.1) is 25.5 Å². The molecule has 0 radical (unpaired) electrons. The number of carboxylic acid groups (broad SMARTS) is 1. The van der Waals surface area contributed by atoms with Crippen LogP contribution in [0.4, 0.5) is 8.78 Å². The lowest BCUT2D eigenvalue weighted by Gasteiger charge is -2.11. The SMILES string of the molecule is CCCOc1nc(Oc2ccc(F)c(F)c2)nc2oc(-c3cc(C)c(OCC(=O)O)c(C)c3)nc12. The van der Waals surface area contributed by atoms with Crippen LogP contribution in [-0.2, 0) is 4.79 Å². The van der Waals surface area contributed by atoms with Gasteiger partial charge in [0.2, 0.25) is 5.89 Å². The van der Waals surface area contributed by atoms with Crippen LogP contribution in [0.5, 0.6) is 23.4 Å². The van der Waals surface area contributed by atoms with Crippen LogP contribution in [0.2, 0.25) is 0 Å². The van der Waals surface area contributed by atoms with E-state index in [2.05, 4.69) is 15.0 Å². The number of carboxylic acids is 1. The first-order chi connectivity index (χ1) is 16.7. The molecule has 0 atom stereocenters. The average Bonchev–Trinajstić information content (AvgIpc) is 3.23. The third-order valence-electron chi connectivity index (χ3n) is 4.80. The first kappa shape index (κ1) is 23.9. The molecule has 0 saturated carbocycles. The maximum atomic E-state index is 13.6. The molecule has 0 unspecified atom stereocenters. The van der Waals surface area contributed by atoms with Crippen molar-refractivity contribution in [2.24, 2.45) is 0 Å². The largest absolute Gasteiger partial charge is 0.481 e. The van der Waals surface area contributed by atoms with E-state index in [0.717, 1.165) is 12.1 Å². The minimum absolute atomic E-state index is 0.00682. The van der Waals surface area contributed by atoms with Crippen molar-refractivity contribution in [1.29, 1.82) is 0 Å². The van der Waals surface area contributed by atoms with Gasteiger partial charge in [0.1, 0.15) is 11.5 Å². The first-order valence-electron chi connectivity index (χ1n) is 10.7. The highest BCUT2D eigenvalue weighted by molar-refractivity contribution is 5.78. The molecule has 1 N–H and O–H groups in total. The topological polar surface area (TPSA) is 117 Å². The highest BCUT2D eigenvalue weighted by Crippen LogP contribution is 2.34. The van der Waals surface area contributed by atoms with Gasteiger partial charge in [-0.15, -0.1) is 0 Å².